The molecule has 0 atom stereocenters. The SMILES string of the molecule is N#C/C=C/CCc1ccc(OCc2ccccc2)cc1. The Morgan fingerprint density at radius 2 is 1.70 bits per heavy atom. The van der Waals surface area contributed by atoms with Crippen molar-refractivity contribution in [1.82, 2.24) is 0 Å². The molecule has 0 saturated carbocycles. The molecule has 0 aromatic heterocycles. The number of hydrogen-bond donors (Lipinski definition) is 0. The first-order valence-corrected chi connectivity index (χ1v) is 6.69. The van der Waals surface area contributed by atoms with Crippen LogP contribution in [-0.4, -0.2) is 0 Å². The highest BCUT2D eigenvalue weighted by atomic mass is 16.5. The van der Waals surface area contributed by atoms with Crippen LogP contribution in [0.5, 0.6) is 5.75 Å². The van der Waals surface area contributed by atoms with Crippen LogP contribution in [0.2, 0.25) is 0 Å². The van der Waals surface area contributed by atoms with E-state index in [4.69, 9.17) is 10.00 Å². The molecule has 2 nitrogen and oxygen atoms in total. The summed E-state index contributed by atoms with van der Waals surface area (Å²) < 4.78 is 5.73. The molecule has 0 fully saturated rings. The summed E-state index contributed by atoms with van der Waals surface area (Å²) >= 11 is 0. The summed E-state index contributed by atoms with van der Waals surface area (Å²) in [6.45, 7) is 0.588. The van der Waals surface area contributed by atoms with Gasteiger partial charge in [-0.2, -0.15) is 5.26 Å². The van der Waals surface area contributed by atoms with E-state index < -0.39 is 0 Å². The molecular weight excluding hydrogens is 246 g/mol. The lowest BCUT2D eigenvalue weighted by molar-refractivity contribution is 0.306. The average molecular weight is 263 g/mol. The number of nitrogens with zero attached hydrogens (tertiary/aromatic N) is 1. The molecule has 2 heteroatoms. The Morgan fingerprint density at radius 1 is 0.950 bits per heavy atom. The fraction of sp³-hybridized carbons (Fsp3) is 0.167. The maximum Gasteiger partial charge on any atom is 0.119 e. The standard InChI is InChI=1S/C18H17NO/c19-14-6-2-5-7-16-10-12-18(13-11-16)20-15-17-8-3-1-4-9-17/h1-4,6,8-13H,5,7,15H2/b6-2+. The number of nitriles is 1. The second-order valence-corrected chi connectivity index (χ2v) is 4.49. The van der Waals surface area contributed by atoms with E-state index in [0.29, 0.717) is 6.61 Å². The molecule has 0 spiro atoms. The molecule has 0 bridgehead atoms. The Kier molecular flexibility index (Phi) is 5.42. The van der Waals surface area contributed by atoms with Crippen LogP contribution in [0.25, 0.3) is 0 Å². The largest absolute Gasteiger partial charge is 0.489 e. The summed E-state index contributed by atoms with van der Waals surface area (Å²) in [6.07, 6.45) is 5.24. The number of hydrogen-bond acceptors (Lipinski definition) is 2. The Labute approximate surface area is 119 Å². The predicted octanol–water partition coefficient (Wildman–Crippen LogP) is 4.28. The molecule has 0 amide bonds. The van der Waals surface area contributed by atoms with E-state index in [1.54, 1.807) is 0 Å². The van der Waals surface area contributed by atoms with Crippen molar-refractivity contribution in [3.63, 3.8) is 0 Å². The van der Waals surface area contributed by atoms with Crippen molar-refractivity contribution in [2.45, 2.75) is 19.4 Å². The van der Waals surface area contributed by atoms with Gasteiger partial charge >= 0.3 is 0 Å². The lowest BCUT2D eigenvalue weighted by Crippen LogP contribution is -1.95. The Morgan fingerprint density at radius 3 is 2.40 bits per heavy atom. The zero-order valence-corrected chi connectivity index (χ0v) is 11.3. The topological polar surface area (TPSA) is 33.0 Å². The van der Waals surface area contributed by atoms with Gasteiger partial charge in [0.25, 0.3) is 0 Å². The molecule has 0 N–H and O–H groups in total. The van der Waals surface area contributed by atoms with Crippen LogP contribution in [0.4, 0.5) is 0 Å². The Balaban J connectivity index is 1.82. The molecule has 2 aromatic carbocycles. The van der Waals surface area contributed by atoms with Gasteiger partial charge in [0.1, 0.15) is 12.4 Å². The van der Waals surface area contributed by atoms with Gasteiger partial charge in [-0.05, 0) is 36.1 Å². The highest BCUT2D eigenvalue weighted by molar-refractivity contribution is 5.28. The third-order valence-corrected chi connectivity index (χ3v) is 2.96. The zero-order chi connectivity index (χ0) is 14.0. The van der Waals surface area contributed by atoms with E-state index in [1.165, 1.54) is 17.2 Å². The molecule has 2 aromatic rings. The van der Waals surface area contributed by atoms with Gasteiger partial charge in [0.05, 0.1) is 6.07 Å². The smallest absolute Gasteiger partial charge is 0.119 e. The van der Waals surface area contributed by atoms with Gasteiger partial charge in [-0.3, -0.25) is 0 Å². The van der Waals surface area contributed by atoms with Crippen molar-refractivity contribution in [3.8, 4) is 11.8 Å². The van der Waals surface area contributed by atoms with Gasteiger partial charge in [0.15, 0.2) is 0 Å². The molecule has 0 aliphatic carbocycles. The molecule has 0 aliphatic heterocycles. The first-order chi connectivity index (χ1) is 9.88. The average Bonchev–Trinajstić information content (AvgIpc) is 2.52. The summed E-state index contributed by atoms with van der Waals surface area (Å²) in [5.41, 5.74) is 2.41. The lowest BCUT2D eigenvalue weighted by Gasteiger charge is -2.07. The third-order valence-electron chi connectivity index (χ3n) is 2.96. The summed E-state index contributed by atoms with van der Waals surface area (Å²) in [5, 5.41) is 8.40. The maximum atomic E-state index is 8.40. The molecule has 0 heterocycles. The van der Waals surface area contributed by atoms with Crippen LogP contribution in [-0.2, 0) is 13.0 Å². The van der Waals surface area contributed by atoms with Crippen molar-refractivity contribution in [2.75, 3.05) is 0 Å². The molecule has 0 aliphatic rings. The quantitative estimate of drug-likeness (QED) is 0.729. The fourth-order valence-electron chi connectivity index (χ4n) is 1.88. The van der Waals surface area contributed by atoms with Gasteiger partial charge < -0.3 is 4.74 Å². The van der Waals surface area contributed by atoms with E-state index in [2.05, 4.69) is 24.3 Å². The van der Waals surface area contributed by atoms with Gasteiger partial charge in [-0.1, -0.05) is 48.5 Å². The summed E-state index contributed by atoms with van der Waals surface area (Å²) in [5.74, 6) is 0.880. The zero-order valence-electron chi connectivity index (χ0n) is 11.3. The number of ether oxygens (including phenoxy) is 1. The Hall–Kier alpha value is -2.53. The van der Waals surface area contributed by atoms with Crippen molar-refractivity contribution in [3.05, 3.63) is 77.9 Å². The normalized spacial score (nSPS) is 10.3. The molecule has 0 radical (unpaired) electrons. The van der Waals surface area contributed by atoms with Gasteiger partial charge in [0, 0.05) is 6.08 Å². The highest BCUT2D eigenvalue weighted by Crippen LogP contribution is 2.15. The second kappa shape index (κ2) is 7.81. The Bertz CT molecular complexity index is 579. The van der Waals surface area contributed by atoms with Crippen molar-refractivity contribution in [2.24, 2.45) is 0 Å². The summed E-state index contributed by atoms with van der Waals surface area (Å²) in [7, 11) is 0. The third kappa shape index (κ3) is 4.62. The van der Waals surface area contributed by atoms with Gasteiger partial charge in [-0.15, -0.1) is 0 Å². The second-order valence-electron chi connectivity index (χ2n) is 4.49. The van der Waals surface area contributed by atoms with E-state index in [-0.39, 0.29) is 0 Å². The molecule has 20 heavy (non-hydrogen) atoms. The van der Waals surface area contributed by atoms with Crippen molar-refractivity contribution in [1.29, 1.82) is 5.26 Å². The summed E-state index contributed by atoms with van der Waals surface area (Å²) in [4.78, 5) is 0. The number of benzene rings is 2. The minimum atomic E-state index is 0.588. The van der Waals surface area contributed by atoms with Crippen LogP contribution in [0.3, 0.4) is 0 Å². The predicted molar refractivity (Wildman–Crippen MR) is 80.3 cm³/mol. The first kappa shape index (κ1) is 13.9. The molecule has 0 unspecified atom stereocenters. The maximum absolute atomic E-state index is 8.40. The van der Waals surface area contributed by atoms with E-state index in [1.807, 2.05) is 42.5 Å². The fourth-order valence-corrected chi connectivity index (χ4v) is 1.88. The van der Waals surface area contributed by atoms with E-state index in [9.17, 15) is 0 Å². The van der Waals surface area contributed by atoms with Gasteiger partial charge in [0.2, 0.25) is 0 Å². The number of aryl methyl sites for hydroxylation is 1. The minimum absolute atomic E-state index is 0.588. The summed E-state index contributed by atoms with van der Waals surface area (Å²) in [6, 6.07) is 20.2. The number of rotatable bonds is 6. The molecular formula is C18H17NO. The lowest BCUT2D eigenvalue weighted by atomic mass is 10.1. The van der Waals surface area contributed by atoms with Crippen molar-refractivity contribution < 1.29 is 4.74 Å². The monoisotopic (exact) mass is 263 g/mol. The molecule has 2 rings (SSSR count). The van der Waals surface area contributed by atoms with Crippen LogP contribution in [0.1, 0.15) is 17.5 Å². The first-order valence-electron chi connectivity index (χ1n) is 6.69. The van der Waals surface area contributed by atoms with Crippen LogP contribution in [0.15, 0.2) is 66.7 Å². The molecule has 100 valence electrons. The van der Waals surface area contributed by atoms with Crippen LogP contribution < -0.4 is 4.74 Å². The molecule has 0 saturated heterocycles. The highest BCUT2D eigenvalue weighted by Gasteiger charge is 1.96. The van der Waals surface area contributed by atoms with Crippen molar-refractivity contribution >= 4 is 0 Å². The van der Waals surface area contributed by atoms with Crippen LogP contribution >= 0.6 is 0 Å². The van der Waals surface area contributed by atoms with E-state index >= 15 is 0 Å². The van der Waals surface area contributed by atoms with Crippen LogP contribution in [0, 0.1) is 11.3 Å². The number of allylic oxidation sites excluding steroid dienone is 2. The minimum Gasteiger partial charge on any atom is -0.489 e. The van der Waals surface area contributed by atoms with Gasteiger partial charge in [-0.25, -0.2) is 0 Å². The van der Waals surface area contributed by atoms with E-state index in [0.717, 1.165) is 18.6 Å².